The van der Waals surface area contributed by atoms with Crippen LogP contribution >= 0.6 is 0 Å². The molecule has 0 spiro atoms. The van der Waals surface area contributed by atoms with Crippen molar-refractivity contribution in [2.45, 2.75) is 51.1 Å². The van der Waals surface area contributed by atoms with Gasteiger partial charge in [0.1, 0.15) is 0 Å². The molecule has 0 amide bonds. The first kappa shape index (κ1) is 12.2. The molecule has 1 fully saturated rings. The van der Waals surface area contributed by atoms with Gasteiger partial charge in [0.25, 0.3) is 0 Å². The van der Waals surface area contributed by atoms with Crippen molar-refractivity contribution in [2.24, 2.45) is 11.7 Å². The fourth-order valence-corrected chi connectivity index (χ4v) is 3.65. The lowest BCUT2D eigenvalue weighted by Crippen LogP contribution is -2.35. The molecule has 18 heavy (non-hydrogen) atoms. The number of rotatable bonds is 2. The Bertz CT molecular complexity index is 408. The van der Waals surface area contributed by atoms with Crippen LogP contribution in [-0.2, 0) is 13.0 Å². The summed E-state index contributed by atoms with van der Waals surface area (Å²) in [7, 11) is 0. The fourth-order valence-electron chi connectivity index (χ4n) is 3.65. The van der Waals surface area contributed by atoms with Gasteiger partial charge < -0.3 is 11.1 Å². The van der Waals surface area contributed by atoms with E-state index < -0.39 is 0 Å². The third kappa shape index (κ3) is 2.32. The van der Waals surface area contributed by atoms with Gasteiger partial charge >= 0.3 is 0 Å². The molecule has 1 unspecified atom stereocenters. The molecule has 2 nitrogen and oxygen atoms in total. The van der Waals surface area contributed by atoms with E-state index in [1.165, 1.54) is 49.7 Å². The molecule has 0 radical (unpaired) electrons. The lowest BCUT2D eigenvalue weighted by atomic mass is 9.78. The maximum atomic E-state index is 5.79. The number of nitrogens with two attached hydrogens (primary N) is 1. The molecule has 0 saturated heterocycles. The Kier molecular flexibility index (Phi) is 3.67. The molecule has 3 N–H and O–H groups in total. The molecular formula is C16H24N2. The average Bonchev–Trinajstić information content (AvgIpc) is 2.47. The summed E-state index contributed by atoms with van der Waals surface area (Å²) >= 11 is 0. The molecule has 0 aromatic heterocycles. The van der Waals surface area contributed by atoms with Crippen LogP contribution in [0.2, 0.25) is 0 Å². The van der Waals surface area contributed by atoms with Crippen molar-refractivity contribution in [3.63, 3.8) is 0 Å². The van der Waals surface area contributed by atoms with Crippen molar-refractivity contribution in [2.75, 3.05) is 6.54 Å². The highest BCUT2D eigenvalue weighted by Gasteiger charge is 2.28. The summed E-state index contributed by atoms with van der Waals surface area (Å²) in [5.74, 6) is 0.839. The number of nitrogens with one attached hydrogen (secondary N) is 1. The Balaban J connectivity index is 1.89. The van der Waals surface area contributed by atoms with Gasteiger partial charge in [-0.25, -0.2) is 0 Å². The molecule has 3 rings (SSSR count). The lowest BCUT2D eigenvalue weighted by molar-refractivity contribution is 0.264. The van der Waals surface area contributed by atoms with Crippen molar-refractivity contribution >= 4 is 0 Å². The number of fused-ring (bicyclic) bond motifs is 1. The number of hydrogen-bond donors (Lipinski definition) is 2. The van der Waals surface area contributed by atoms with Crippen LogP contribution in [-0.4, -0.2) is 6.54 Å². The maximum absolute atomic E-state index is 5.79. The highest BCUT2D eigenvalue weighted by molar-refractivity contribution is 5.36. The van der Waals surface area contributed by atoms with Gasteiger partial charge in [-0.15, -0.1) is 0 Å². The molecule has 1 atom stereocenters. The Hall–Kier alpha value is -0.860. The molecule has 1 saturated carbocycles. The van der Waals surface area contributed by atoms with E-state index in [9.17, 15) is 0 Å². The quantitative estimate of drug-likeness (QED) is 0.839. The van der Waals surface area contributed by atoms with E-state index in [1.807, 2.05) is 0 Å². The standard InChI is InChI=1S/C16H24N2/c17-11-12-6-7-13-8-9-18-16(15(13)10-12)14-4-2-1-3-5-14/h6-7,10,14,16,18H,1-5,8-9,11,17H2. The summed E-state index contributed by atoms with van der Waals surface area (Å²) in [5.41, 5.74) is 10.1. The minimum Gasteiger partial charge on any atom is -0.326 e. The minimum atomic E-state index is 0.584. The SMILES string of the molecule is NCc1ccc2c(c1)C(C1CCCCC1)NCC2. The second-order valence-corrected chi connectivity index (χ2v) is 5.82. The van der Waals surface area contributed by atoms with Crippen LogP contribution in [0.4, 0.5) is 0 Å². The number of hydrogen-bond acceptors (Lipinski definition) is 2. The first-order chi connectivity index (χ1) is 8.88. The highest BCUT2D eigenvalue weighted by Crippen LogP contribution is 2.37. The van der Waals surface area contributed by atoms with E-state index >= 15 is 0 Å². The summed E-state index contributed by atoms with van der Waals surface area (Å²) in [5, 5.41) is 3.76. The minimum absolute atomic E-state index is 0.584. The summed E-state index contributed by atoms with van der Waals surface area (Å²) in [6, 6.07) is 7.43. The summed E-state index contributed by atoms with van der Waals surface area (Å²) in [6.45, 7) is 1.79. The van der Waals surface area contributed by atoms with Crippen LogP contribution in [0.5, 0.6) is 0 Å². The predicted molar refractivity (Wildman–Crippen MR) is 75.4 cm³/mol. The van der Waals surface area contributed by atoms with Gasteiger partial charge in [-0.2, -0.15) is 0 Å². The third-order valence-corrected chi connectivity index (χ3v) is 4.66. The molecule has 1 aliphatic heterocycles. The van der Waals surface area contributed by atoms with Crippen LogP contribution in [0.3, 0.4) is 0 Å². The van der Waals surface area contributed by atoms with Crippen molar-refractivity contribution < 1.29 is 0 Å². The van der Waals surface area contributed by atoms with Gasteiger partial charge in [0, 0.05) is 12.6 Å². The Morgan fingerprint density at radius 3 is 2.78 bits per heavy atom. The molecular weight excluding hydrogens is 220 g/mol. The van der Waals surface area contributed by atoms with E-state index in [0.29, 0.717) is 12.6 Å². The van der Waals surface area contributed by atoms with Crippen LogP contribution in [0.25, 0.3) is 0 Å². The van der Waals surface area contributed by atoms with Crippen molar-refractivity contribution in [3.8, 4) is 0 Å². The second-order valence-electron chi connectivity index (χ2n) is 5.82. The molecule has 1 aromatic rings. The van der Waals surface area contributed by atoms with E-state index in [1.54, 1.807) is 5.56 Å². The summed E-state index contributed by atoms with van der Waals surface area (Å²) in [4.78, 5) is 0. The first-order valence-corrected chi connectivity index (χ1v) is 7.43. The van der Waals surface area contributed by atoms with E-state index in [2.05, 4.69) is 23.5 Å². The first-order valence-electron chi connectivity index (χ1n) is 7.43. The van der Waals surface area contributed by atoms with Gasteiger partial charge in [0.15, 0.2) is 0 Å². The Morgan fingerprint density at radius 1 is 1.17 bits per heavy atom. The van der Waals surface area contributed by atoms with E-state index in [0.717, 1.165) is 12.5 Å². The molecule has 2 aliphatic rings. The van der Waals surface area contributed by atoms with Crippen molar-refractivity contribution in [1.82, 2.24) is 5.32 Å². The molecule has 1 aliphatic carbocycles. The van der Waals surface area contributed by atoms with Crippen LogP contribution in [0.1, 0.15) is 54.8 Å². The van der Waals surface area contributed by atoms with Gasteiger partial charge in [0.2, 0.25) is 0 Å². The average molecular weight is 244 g/mol. The molecule has 0 bridgehead atoms. The molecule has 98 valence electrons. The number of benzene rings is 1. The van der Waals surface area contributed by atoms with Crippen LogP contribution in [0, 0.1) is 5.92 Å². The Morgan fingerprint density at radius 2 is 2.00 bits per heavy atom. The van der Waals surface area contributed by atoms with Gasteiger partial charge in [0.05, 0.1) is 0 Å². The van der Waals surface area contributed by atoms with E-state index in [-0.39, 0.29) is 0 Å². The maximum Gasteiger partial charge on any atom is 0.0351 e. The predicted octanol–water partition coefficient (Wildman–Crippen LogP) is 2.91. The normalized spacial score (nSPS) is 24.8. The van der Waals surface area contributed by atoms with Crippen molar-refractivity contribution in [3.05, 3.63) is 34.9 Å². The van der Waals surface area contributed by atoms with Gasteiger partial charge in [-0.3, -0.25) is 0 Å². The summed E-state index contributed by atoms with van der Waals surface area (Å²) in [6.07, 6.45) is 8.21. The largest absolute Gasteiger partial charge is 0.326 e. The zero-order valence-corrected chi connectivity index (χ0v) is 11.1. The molecule has 1 aromatic carbocycles. The fraction of sp³-hybridized carbons (Fsp3) is 0.625. The lowest BCUT2D eigenvalue weighted by Gasteiger charge is -2.35. The van der Waals surface area contributed by atoms with Gasteiger partial charge in [-0.05, 0) is 48.4 Å². The van der Waals surface area contributed by atoms with Crippen LogP contribution < -0.4 is 11.1 Å². The smallest absolute Gasteiger partial charge is 0.0351 e. The van der Waals surface area contributed by atoms with Crippen LogP contribution in [0.15, 0.2) is 18.2 Å². The molecule has 1 heterocycles. The second kappa shape index (κ2) is 5.41. The highest BCUT2D eigenvalue weighted by atomic mass is 14.9. The summed E-state index contributed by atoms with van der Waals surface area (Å²) < 4.78 is 0. The molecule has 2 heteroatoms. The zero-order valence-electron chi connectivity index (χ0n) is 11.1. The van der Waals surface area contributed by atoms with E-state index in [4.69, 9.17) is 5.73 Å². The zero-order chi connectivity index (χ0) is 12.4. The van der Waals surface area contributed by atoms with Gasteiger partial charge in [-0.1, -0.05) is 37.5 Å². The third-order valence-electron chi connectivity index (χ3n) is 4.66. The van der Waals surface area contributed by atoms with Crippen molar-refractivity contribution in [1.29, 1.82) is 0 Å². The monoisotopic (exact) mass is 244 g/mol. The Labute approximate surface area is 110 Å². The topological polar surface area (TPSA) is 38.0 Å².